The van der Waals surface area contributed by atoms with Crippen LogP contribution in [0.3, 0.4) is 0 Å². The van der Waals surface area contributed by atoms with Gasteiger partial charge in [0.05, 0.1) is 18.1 Å². The molecule has 2 unspecified atom stereocenters. The van der Waals surface area contributed by atoms with Gasteiger partial charge in [-0.3, -0.25) is 14.4 Å². The molecular formula is C31H50N2O6. The van der Waals surface area contributed by atoms with Crippen molar-refractivity contribution in [2.45, 2.75) is 108 Å². The monoisotopic (exact) mass is 546 g/mol. The van der Waals surface area contributed by atoms with E-state index >= 15 is 0 Å². The largest absolute Gasteiger partial charge is 0.465 e. The van der Waals surface area contributed by atoms with E-state index in [0.717, 1.165) is 44.9 Å². The standard InChI is InChI=1S/C31H50N2O6/c1-5-9-11-16-23-38-29(37)25-24-27(35)33(21-14-12-15-22-34)26(31(24)18-17-30(25,8-4)39-31)28(36)32(19-7-3)20-13-10-6-2/h5,7,24-26,34H,1,3,6,8-23H2,2,4H3/t24-,25-,26?,30+,31?/m0/s1. The Hall–Kier alpha value is -2.19. The van der Waals surface area contributed by atoms with Crippen molar-refractivity contribution in [1.82, 2.24) is 9.80 Å². The summed E-state index contributed by atoms with van der Waals surface area (Å²) >= 11 is 0. The van der Waals surface area contributed by atoms with E-state index in [9.17, 15) is 19.5 Å². The van der Waals surface area contributed by atoms with Crippen molar-refractivity contribution < 1.29 is 29.0 Å². The van der Waals surface area contributed by atoms with Gasteiger partial charge in [-0.25, -0.2) is 0 Å². The zero-order valence-electron chi connectivity index (χ0n) is 24.2. The van der Waals surface area contributed by atoms with Crippen LogP contribution >= 0.6 is 0 Å². The maximum Gasteiger partial charge on any atom is 0.312 e. The molecule has 220 valence electrons. The highest BCUT2D eigenvalue weighted by Crippen LogP contribution is 2.64. The number of esters is 1. The molecule has 1 spiro atoms. The summed E-state index contributed by atoms with van der Waals surface area (Å²) in [6, 6.07) is -0.774. The summed E-state index contributed by atoms with van der Waals surface area (Å²) in [7, 11) is 0. The first-order valence-electron chi connectivity index (χ1n) is 15.2. The lowest BCUT2D eigenvalue weighted by Gasteiger charge is -2.37. The van der Waals surface area contributed by atoms with Crippen molar-refractivity contribution >= 4 is 17.8 Å². The SMILES string of the molecule is C=CCCCCOC(=O)[C@@H]1[C@H]2C(=O)N(CCCCCO)C(C(=O)N(CC=C)CCCCC)C23CC[C@@]1(CC)O3. The maximum absolute atomic E-state index is 14.3. The number of hydrogen-bond donors (Lipinski definition) is 1. The molecule has 0 radical (unpaired) electrons. The Morgan fingerprint density at radius 3 is 2.56 bits per heavy atom. The fourth-order valence-corrected chi connectivity index (χ4v) is 6.99. The summed E-state index contributed by atoms with van der Waals surface area (Å²) in [5.74, 6) is -2.11. The van der Waals surface area contributed by atoms with Gasteiger partial charge in [-0.2, -0.15) is 0 Å². The minimum atomic E-state index is -1.03. The van der Waals surface area contributed by atoms with Gasteiger partial charge in [-0.15, -0.1) is 13.2 Å². The summed E-state index contributed by atoms with van der Waals surface area (Å²) in [4.78, 5) is 45.5. The lowest BCUT2D eigenvalue weighted by molar-refractivity contribution is -0.162. The number of aliphatic hydroxyl groups is 1. The number of unbranched alkanes of at least 4 members (excludes halogenated alkanes) is 6. The molecule has 1 N–H and O–H groups in total. The van der Waals surface area contributed by atoms with Gasteiger partial charge < -0.3 is 24.4 Å². The lowest BCUT2D eigenvalue weighted by atomic mass is 9.65. The molecule has 0 aromatic heterocycles. The third-order valence-electron chi connectivity index (χ3n) is 8.97. The van der Waals surface area contributed by atoms with E-state index in [1.807, 2.05) is 13.0 Å². The van der Waals surface area contributed by atoms with Gasteiger partial charge in [0.2, 0.25) is 11.8 Å². The van der Waals surface area contributed by atoms with E-state index in [1.54, 1.807) is 15.9 Å². The van der Waals surface area contributed by atoms with Crippen LogP contribution in [-0.4, -0.2) is 82.8 Å². The quantitative estimate of drug-likeness (QED) is 0.147. The second-order valence-corrected chi connectivity index (χ2v) is 11.4. The molecule has 8 nitrogen and oxygen atoms in total. The van der Waals surface area contributed by atoms with E-state index in [0.29, 0.717) is 58.3 Å². The molecule has 3 saturated heterocycles. The first kappa shape index (κ1) is 31.3. The number of carbonyl (C=O) groups is 3. The zero-order valence-corrected chi connectivity index (χ0v) is 24.2. The lowest BCUT2D eigenvalue weighted by Crippen LogP contribution is -2.56. The highest BCUT2D eigenvalue weighted by Gasteiger charge is 2.79. The van der Waals surface area contributed by atoms with E-state index in [4.69, 9.17) is 9.47 Å². The molecule has 0 saturated carbocycles. The molecule has 8 heteroatoms. The zero-order chi connectivity index (χ0) is 28.5. The molecule has 3 rings (SSSR count). The Balaban J connectivity index is 1.93. The summed E-state index contributed by atoms with van der Waals surface area (Å²) in [6.45, 7) is 13.5. The Morgan fingerprint density at radius 1 is 1.10 bits per heavy atom. The number of nitrogens with zero attached hydrogens (tertiary/aromatic N) is 2. The predicted octanol–water partition coefficient (Wildman–Crippen LogP) is 4.41. The number of ether oxygens (including phenoxy) is 2. The average molecular weight is 547 g/mol. The first-order chi connectivity index (χ1) is 18.9. The molecule has 0 aromatic rings. The van der Waals surface area contributed by atoms with E-state index in [2.05, 4.69) is 20.1 Å². The molecule has 39 heavy (non-hydrogen) atoms. The molecule has 3 aliphatic heterocycles. The average Bonchev–Trinajstić information content (AvgIpc) is 3.54. The number of likely N-dealkylation sites (tertiary alicyclic amines) is 1. The summed E-state index contributed by atoms with van der Waals surface area (Å²) in [5, 5.41) is 9.24. The highest BCUT2D eigenvalue weighted by molar-refractivity contribution is 5.98. The third-order valence-corrected chi connectivity index (χ3v) is 8.97. The number of aliphatic hydroxyl groups excluding tert-OH is 1. The van der Waals surface area contributed by atoms with Gasteiger partial charge in [0, 0.05) is 26.2 Å². The fraction of sp³-hybridized carbons (Fsp3) is 0.774. The predicted molar refractivity (Wildman–Crippen MR) is 151 cm³/mol. The van der Waals surface area contributed by atoms with Gasteiger partial charge in [0.25, 0.3) is 0 Å². The first-order valence-corrected chi connectivity index (χ1v) is 15.2. The van der Waals surface area contributed by atoms with Gasteiger partial charge in [-0.1, -0.05) is 38.8 Å². The molecule has 3 aliphatic rings. The van der Waals surface area contributed by atoms with Crippen LogP contribution in [0.25, 0.3) is 0 Å². The number of allylic oxidation sites excluding steroid dienone is 1. The minimum Gasteiger partial charge on any atom is -0.465 e. The number of rotatable bonds is 19. The van der Waals surface area contributed by atoms with Crippen LogP contribution in [-0.2, 0) is 23.9 Å². The van der Waals surface area contributed by atoms with E-state index in [1.165, 1.54) is 0 Å². The molecule has 0 aromatic carbocycles. The Kier molecular flexibility index (Phi) is 11.6. The van der Waals surface area contributed by atoms with Crippen LogP contribution in [0.5, 0.6) is 0 Å². The van der Waals surface area contributed by atoms with E-state index < -0.39 is 29.1 Å². The van der Waals surface area contributed by atoms with Gasteiger partial charge in [0.15, 0.2) is 0 Å². The van der Waals surface area contributed by atoms with E-state index in [-0.39, 0.29) is 24.4 Å². The highest BCUT2D eigenvalue weighted by atomic mass is 16.6. The van der Waals surface area contributed by atoms with Crippen molar-refractivity contribution in [2.75, 3.05) is 32.8 Å². The van der Waals surface area contributed by atoms with Crippen molar-refractivity contribution in [1.29, 1.82) is 0 Å². The van der Waals surface area contributed by atoms with Crippen LogP contribution in [0.1, 0.15) is 90.9 Å². The summed E-state index contributed by atoms with van der Waals surface area (Å²) in [5.41, 5.74) is -1.82. The summed E-state index contributed by atoms with van der Waals surface area (Å²) in [6.07, 6.45) is 12.9. The van der Waals surface area contributed by atoms with Gasteiger partial charge >= 0.3 is 5.97 Å². The number of carbonyl (C=O) groups excluding carboxylic acids is 3. The molecule has 3 heterocycles. The molecule has 2 amide bonds. The Labute approximate surface area is 234 Å². The molecule has 3 fully saturated rings. The Bertz CT molecular complexity index is 877. The maximum atomic E-state index is 14.3. The second-order valence-electron chi connectivity index (χ2n) is 11.4. The van der Waals surface area contributed by atoms with Gasteiger partial charge in [0.1, 0.15) is 17.6 Å². The molecule has 0 aliphatic carbocycles. The minimum absolute atomic E-state index is 0.0935. The van der Waals surface area contributed by atoms with Crippen molar-refractivity contribution in [3.8, 4) is 0 Å². The fourth-order valence-electron chi connectivity index (χ4n) is 6.99. The van der Waals surface area contributed by atoms with Crippen LogP contribution < -0.4 is 0 Å². The van der Waals surface area contributed by atoms with Crippen LogP contribution in [0.4, 0.5) is 0 Å². The topological polar surface area (TPSA) is 96.4 Å². The normalized spacial score (nSPS) is 28.9. The second kappa shape index (κ2) is 14.4. The van der Waals surface area contributed by atoms with Crippen molar-refractivity contribution in [3.05, 3.63) is 25.3 Å². The number of amides is 2. The van der Waals surface area contributed by atoms with Crippen LogP contribution in [0.2, 0.25) is 0 Å². The molecular weight excluding hydrogens is 496 g/mol. The van der Waals surface area contributed by atoms with Crippen LogP contribution in [0, 0.1) is 11.8 Å². The number of fused-ring (bicyclic) bond motifs is 1. The number of hydrogen-bond acceptors (Lipinski definition) is 6. The van der Waals surface area contributed by atoms with Gasteiger partial charge in [-0.05, 0) is 64.2 Å². The van der Waals surface area contributed by atoms with Crippen LogP contribution in [0.15, 0.2) is 25.3 Å². The Morgan fingerprint density at radius 2 is 1.90 bits per heavy atom. The molecule has 2 bridgehead atoms. The smallest absolute Gasteiger partial charge is 0.312 e. The van der Waals surface area contributed by atoms with Crippen molar-refractivity contribution in [3.63, 3.8) is 0 Å². The third kappa shape index (κ3) is 6.27. The molecule has 5 atom stereocenters. The summed E-state index contributed by atoms with van der Waals surface area (Å²) < 4.78 is 12.6. The van der Waals surface area contributed by atoms with Crippen molar-refractivity contribution in [2.24, 2.45) is 11.8 Å².